The molecule has 0 radical (unpaired) electrons. The highest BCUT2D eigenvalue weighted by molar-refractivity contribution is 5.59. The molecule has 1 aromatic carbocycles. The van der Waals surface area contributed by atoms with Crippen molar-refractivity contribution in [2.75, 3.05) is 13.1 Å². The van der Waals surface area contributed by atoms with Crippen molar-refractivity contribution in [1.82, 2.24) is 4.90 Å². The van der Waals surface area contributed by atoms with Gasteiger partial charge in [0.25, 0.3) is 0 Å². The third-order valence-corrected chi connectivity index (χ3v) is 4.91. The molecule has 3 rings (SSSR count). The van der Waals surface area contributed by atoms with Crippen LogP contribution in [0.5, 0.6) is 0 Å². The lowest BCUT2D eigenvalue weighted by Crippen LogP contribution is -2.43. The molecule has 5 heteroatoms. The zero-order chi connectivity index (χ0) is 15.4. The topological polar surface area (TPSA) is 69.1 Å². The Labute approximate surface area is 130 Å². The summed E-state index contributed by atoms with van der Waals surface area (Å²) in [5, 5.41) is 3.96. The van der Waals surface area contributed by atoms with E-state index >= 15 is 0 Å². The number of nitrogens with zero attached hydrogens (tertiary/aromatic N) is 4. The maximum atomic E-state index is 11.6. The Kier molecular flexibility index (Phi) is 4.76. The highest BCUT2D eigenvalue weighted by atomic mass is 16.1. The van der Waals surface area contributed by atoms with Gasteiger partial charge in [-0.2, -0.15) is 0 Å². The van der Waals surface area contributed by atoms with Crippen LogP contribution >= 0.6 is 0 Å². The fourth-order valence-corrected chi connectivity index (χ4v) is 3.49. The van der Waals surface area contributed by atoms with Crippen LogP contribution < -0.4 is 0 Å². The predicted octanol–water partition coefficient (Wildman–Crippen LogP) is 3.52. The highest BCUT2D eigenvalue weighted by Crippen LogP contribution is 2.35. The lowest BCUT2D eigenvalue weighted by molar-refractivity contribution is -0.113. The Hall–Kier alpha value is -1.84. The van der Waals surface area contributed by atoms with Crippen LogP contribution in [0.2, 0.25) is 0 Å². The summed E-state index contributed by atoms with van der Waals surface area (Å²) in [5.41, 5.74) is 10.2. The molecular weight excluding hydrogens is 276 g/mol. The van der Waals surface area contributed by atoms with Crippen LogP contribution in [-0.4, -0.2) is 36.4 Å². The highest BCUT2D eigenvalue weighted by Gasteiger charge is 2.36. The van der Waals surface area contributed by atoms with Crippen LogP contribution in [0, 0.1) is 5.92 Å². The predicted molar refractivity (Wildman–Crippen MR) is 85.5 cm³/mol. The number of carbonyl (C=O) groups is 1. The first-order chi connectivity index (χ1) is 10.8. The second kappa shape index (κ2) is 6.95. The van der Waals surface area contributed by atoms with Crippen LogP contribution in [-0.2, 0) is 4.79 Å². The van der Waals surface area contributed by atoms with Crippen molar-refractivity contribution in [3.8, 4) is 0 Å². The summed E-state index contributed by atoms with van der Waals surface area (Å²) < 4.78 is 0. The maximum Gasteiger partial charge on any atom is 0.137 e. The Morgan fingerprint density at radius 2 is 2.05 bits per heavy atom. The van der Waals surface area contributed by atoms with E-state index in [-0.39, 0.29) is 12.1 Å². The molecule has 3 unspecified atom stereocenters. The average Bonchev–Trinajstić information content (AvgIpc) is 3.37. The SMILES string of the molecule is [N-]=[N+]=NC1CC(c2ccccc2)CCN(CC2CC2)C1C=O. The minimum absolute atomic E-state index is 0.269. The molecule has 1 saturated carbocycles. The molecule has 2 aliphatic rings. The first-order valence-corrected chi connectivity index (χ1v) is 8.10. The van der Waals surface area contributed by atoms with Crippen LogP contribution in [0.1, 0.15) is 37.2 Å². The first kappa shape index (κ1) is 15.1. The molecule has 0 amide bonds. The number of rotatable bonds is 5. The molecule has 1 heterocycles. The molecule has 1 aliphatic carbocycles. The molecule has 1 saturated heterocycles. The second-order valence-corrected chi connectivity index (χ2v) is 6.47. The molecule has 1 aromatic rings. The third-order valence-electron chi connectivity index (χ3n) is 4.91. The van der Waals surface area contributed by atoms with Gasteiger partial charge in [-0.1, -0.05) is 35.4 Å². The molecule has 1 aliphatic heterocycles. The number of hydrogen-bond donors (Lipinski definition) is 0. The summed E-state index contributed by atoms with van der Waals surface area (Å²) in [4.78, 5) is 16.9. The van der Waals surface area contributed by atoms with Gasteiger partial charge in [-0.05, 0) is 55.2 Å². The molecule has 0 aromatic heterocycles. The molecule has 5 nitrogen and oxygen atoms in total. The van der Waals surface area contributed by atoms with Gasteiger partial charge in [0.2, 0.25) is 0 Å². The van der Waals surface area contributed by atoms with E-state index in [4.69, 9.17) is 5.53 Å². The normalized spacial score (nSPS) is 29.4. The summed E-state index contributed by atoms with van der Waals surface area (Å²) in [5.74, 6) is 1.07. The van der Waals surface area contributed by atoms with Crippen molar-refractivity contribution in [3.63, 3.8) is 0 Å². The molecular formula is C17H22N4O. The van der Waals surface area contributed by atoms with Crippen LogP contribution in [0.4, 0.5) is 0 Å². The monoisotopic (exact) mass is 298 g/mol. The van der Waals surface area contributed by atoms with Gasteiger partial charge in [-0.25, -0.2) is 0 Å². The van der Waals surface area contributed by atoms with Gasteiger partial charge in [0.15, 0.2) is 0 Å². The standard InChI is InChI=1S/C17H22N4O/c18-20-19-16-10-15(14-4-2-1-3-5-14)8-9-21(17(16)12-22)11-13-6-7-13/h1-5,12-13,15-17H,6-11H2. The Morgan fingerprint density at radius 1 is 1.27 bits per heavy atom. The van der Waals surface area contributed by atoms with Crippen molar-refractivity contribution in [1.29, 1.82) is 0 Å². The first-order valence-electron chi connectivity index (χ1n) is 8.10. The molecule has 3 atom stereocenters. The average molecular weight is 298 g/mol. The van der Waals surface area contributed by atoms with Crippen LogP contribution in [0.25, 0.3) is 10.4 Å². The van der Waals surface area contributed by atoms with Gasteiger partial charge in [-0.15, -0.1) is 0 Å². The van der Waals surface area contributed by atoms with E-state index in [2.05, 4.69) is 27.1 Å². The van der Waals surface area contributed by atoms with Crippen molar-refractivity contribution in [2.24, 2.45) is 11.0 Å². The van der Waals surface area contributed by atoms with Gasteiger partial charge in [0, 0.05) is 11.5 Å². The van der Waals surface area contributed by atoms with E-state index in [1.165, 1.54) is 18.4 Å². The summed E-state index contributed by atoms with van der Waals surface area (Å²) in [6.07, 6.45) is 5.26. The number of benzene rings is 1. The summed E-state index contributed by atoms with van der Waals surface area (Å²) in [6, 6.07) is 9.82. The van der Waals surface area contributed by atoms with Crippen molar-refractivity contribution >= 4 is 6.29 Å². The zero-order valence-corrected chi connectivity index (χ0v) is 12.7. The van der Waals surface area contributed by atoms with Crippen molar-refractivity contribution in [3.05, 3.63) is 46.3 Å². The van der Waals surface area contributed by atoms with Gasteiger partial charge in [0.05, 0.1) is 12.1 Å². The molecule has 116 valence electrons. The summed E-state index contributed by atoms with van der Waals surface area (Å²) in [7, 11) is 0. The number of hydrogen-bond acceptors (Lipinski definition) is 3. The van der Waals surface area contributed by atoms with Crippen LogP contribution in [0.15, 0.2) is 35.4 Å². The molecule has 0 N–H and O–H groups in total. The van der Waals surface area contributed by atoms with E-state index in [9.17, 15) is 4.79 Å². The lowest BCUT2D eigenvalue weighted by Gasteiger charge is -2.28. The zero-order valence-electron chi connectivity index (χ0n) is 12.7. The third kappa shape index (κ3) is 3.49. The Bertz CT molecular complexity index is 551. The van der Waals surface area contributed by atoms with Crippen molar-refractivity contribution < 1.29 is 4.79 Å². The van der Waals surface area contributed by atoms with Crippen LogP contribution in [0.3, 0.4) is 0 Å². The minimum Gasteiger partial charge on any atom is -0.302 e. The fraction of sp³-hybridized carbons (Fsp3) is 0.588. The second-order valence-electron chi connectivity index (χ2n) is 6.47. The quantitative estimate of drug-likeness (QED) is 0.361. The summed E-state index contributed by atoms with van der Waals surface area (Å²) in [6.45, 7) is 1.86. The number of azide groups is 1. The maximum absolute atomic E-state index is 11.6. The lowest BCUT2D eigenvalue weighted by atomic mass is 9.89. The Balaban J connectivity index is 1.82. The molecule has 22 heavy (non-hydrogen) atoms. The largest absolute Gasteiger partial charge is 0.302 e. The summed E-state index contributed by atoms with van der Waals surface area (Å²) >= 11 is 0. The van der Waals surface area contributed by atoms with E-state index in [1.54, 1.807) is 0 Å². The minimum atomic E-state index is -0.273. The number of carbonyl (C=O) groups excluding carboxylic acids is 1. The number of likely N-dealkylation sites (tertiary alicyclic amines) is 1. The van der Waals surface area contributed by atoms with Gasteiger partial charge >= 0.3 is 0 Å². The Morgan fingerprint density at radius 3 is 2.68 bits per heavy atom. The van der Waals surface area contributed by atoms with E-state index in [0.717, 1.165) is 38.1 Å². The van der Waals surface area contributed by atoms with Gasteiger partial charge < -0.3 is 4.79 Å². The molecule has 0 bridgehead atoms. The van der Waals surface area contributed by atoms with E-state index < -0.39 is 0 Å². The van der Waals surface area contributed by atoms with Crippen molar-refractivity contribution in [2.45, 2.75) is 43.7 Å². The van der Waals surface area contributed by atoms with Gasteiger partial charge in [-0.3, -0.25) is 4.90 Å². The van der Waals surface area contributed by atoms with Gasteiger partial charge in [0.1, 0.15) is 6.29 Å². The molecule has 0 spiro atoms. The van der Waals surface area contributed by atoms with E-state index in [0.29, 0.717) is 5.92 Å². The molecule has 2 fully saturated rings. The smallest absolute Gasteiger partial charge is 0.137 e. The number of aldehydes is 1. The van der Waals surface area contributed by atoms with E-state index in [1.807, 2.05) is 18.2 Å². The fourth-order valence-electron chi connectivity index (χ4n) is 3.49.